The first kappa shape index (κ1) is 15.0. The van der Waals surface area contributed by atoms with Crippen molar-refractivity contribution < 1.29 is 27.9 Å². The maximum absolute atomic E-state index is 12.5. The first-order chi connectivity index (χ1) is 9.30. The largest absolute Gasteiger partial charge is 0.480 e. The first-order valence-corrected chi connectivity index (χ1v) is 7.08. The number of carboxylic acids is 1. The molecule has 2 aliphatic heterocycles. The van der Waals surface area contributed by atoms with E-state index < -0.39 is 29.8 Å². The average Bonchev–Trinajstić information content (AvgIpc) is 2.86. The molecular weight excluding hydrogens is 297 g/mol. The Morgan fingerprint density at radius 2 is 2.10 bits per heavy atom. The molecule has 1 fully saturated rings. The smallest absolute Gasteiger partial charge is 0.412 e. The predicted molar refractivity (Wildman–Crippen MR) is 66.3 cm³/mol. The van der Waals surface area contributed by atoms with E-state index in [-0.39, 0.29) is 25.4 Å². The first-order valence-electron chi connectivity index (χ1n) is 5.93. The molecule has 1 saturated heterocycles. The Labute approximate surface area is 117 Å². The van der Waals surface area contributed by atoms with Crippen LogP contribution in [0.2, 0.25) is 0 Å². The molecule has 2 aliphatic rings. The summed E-state index contributed by atoms with van der Waals surface area (Å²) in [6.07, 6.45) is -3.63. The maximum atomic E-state index is 12.5. The fourth-order valence-corrected chi connectivity index (χ4v) is 3.26. The number of hydrogen-bond donors (Lipinski definition) is 1. The molecule has 20 heavy (non-hydrogen) atoms. The highest BCUT2D eigenvalue weighted by molar-refractivity contribution is 7.99. The third kappa shape index (κ3) is 3.02. The topological polar surface area (TPSA) is 60.9 Å². The Hall–Kier alpha value is -1.38. The van der Waals surface area contributed by atoms with Crippen molar-refractivity contribution in [3.63, 3.8) is 0 Å². The second-order valence-electron chi connectivity index (χ2n) is 4.53. The Bertz CT molecular complexity index is 453. The number of carboxylic acid groups (broad SMARTS) is 1. The van der Waals surface area contributed by atoms with Crippen LogP contribution in [0.25, 0.3) is 0 Å². The van der Waals surface area contributed by atoms with Gasteiger partial charge in [0, 0.05) is 24.4 Å². The number of carbonyl (C=O) groups is 2. The number of aliphatic carboxylic acids is 1. The summed E-state index contributed by atoms with van der Waals surface area (Å²) in [4.78, 5) is 25.6. The van der Waals surface area contributed by atoms with Gasteiger partial charge in [0.15, 0.2) is 0 Å². The molecule has 2 amide bonds. The Kier molecular flexibility index (Phi) is 4.17. The van der Waals surface area contributed by atoms with E-state index in [1.54, 1.807) is 0 Å². The van der Waals surface area contributed by atoms with Crippen LogP contribution in [-0.2, 0) is 4.79 Å². The highest BCUT2D eigenvalue weighted by atomic mass is 32.2. The average molecular weight is 310 g/mol. The van der Waals surface area contributed by atoms with Crippen molar-refractivity contribution in [2.75, 3.05) is 24.7 Å². The van der Waals surface area contributed by atoms with Crippen LogP contribution >= 0.6 is 11.8 Å². The van der Waals surface area contributed by atoms with Gasteiger partial charge in [-0.15, -0.1) is 11.8 Å². The second-order valence-corrected chi connectivity index (χ2v) is 5.53. The van der Waals surface area contributed by atoms with Crippen molar-refractivity contribution in [3.05, 3.63) is 11.6 Å². The zero-order chi connectivity index (χ0) is 14.9. The molecule has 0 aliphatic carbocycles. The van der Waals surface area contributed by atoms with Crippen molar-refractivity contribution in [2.24, 2.45) is 0 Å². The van der Waals surface area contributed by atoms with Crippen molar-refractivity contribution in [1.29, 1.82) is 0 Å². The van der Waals surface area contributed by atoms with E-state index in [1.807, 2.05) is 0 Å². The van der Waals surface area contributed by atoms with Gasteiger partial charge < -0.3 is 14.9 Å². The molecule has 2 rings (SSSR count). The van der Waals surface area contributed by atoms with E-state index in [9.17, 15) is 22.8 Å². The van der Waals surface area contributed by atoms with Crippen LogP contribution in [0.15, 0.2) is 11.6 Å². The number of nitrogens with zero attached hydrogens (tertiary/aromatic N) is 2. The second kappa shape index (κ2) is 5.55. The summed E-state index contributed by atoms with van der Waals surface area (Å²) in [5.74, 6) is -0.535. The number of alkyl halides is 3. The summed E-state index contributed by atoms with van der Waals surface area (Å²) in [5.41, 5.74) is -0.632. The van der Waals surface area contributed by atoms with Crippen LogP contribution in [0.1, 0.15) is 6.42 Å². The third-order valence-corrected chi connectivity index (χ3v) is 4.27. The van der Waals surface area contributed by atoms with E-state index in [0.717, 1.165) is 6.08 Å². The third-order valence-electron chi connectivity index (χ3n) is 3.26. The van der Waals surface area contributed by atoms with Crippen LogP contribution in [0.4, 0.5) is 18.0 Å². The lowest BCUT2D eigenvalue weighted by molar-refractivity contribution is -0.140. The normalized spacial score (nSPS) is 23.8. The summed E-state index contributed by atoms with van der Waals surface area (Å²) in [6.45, 7) is -0.182. The minimum Gasteiger partial charge on any atom is -0.480 e. The van der Waals surface area contributed by atoms with Gasteiger partial charge in [-0.2, -0.15) is 13.2 Å². The van der Waals surface area contributed by atoms with Gasteiger partial charge in [0.1, 0.15) is 6.04 Å². The fourth-order valence-electron chi connectivity index (χ4n) is 2.12. The number of urea groups is 1. The lowest BCUT2D eigenvalue weighted by Crippen LogP contribution is -2.50. The molecule has 1 atom stereocenters. The molecule has 0 bridgehead atoms. The van der Waals surface area contributed by atoms with Gasteiger partial charge in [-0.3, -0.25) is 0 Å². The van der Waals surface area contributed by atoms with Crippen molar-refractivity contribution in [1.82, 2.24) is 9.80 Å². The number of thioether (sulfide) groups is 1. The molecule has 0 aromatic carbocycles. The minimum atomic E-state index is -4.36. The SMILES string of the molecule is O=C(O)C1CSCN1C(=O)N1CC=C(C(F)(F)F)CC1. The molecule has 112 valence electrons. The van der Waals surface area contributed by atoms with Crippen molar-refractivity contribution >= 4 is 23.8 Å². The summed E-state index contributed by atoms with van der Waals surface area (Å²) < 4.78 is 37.4. The molecular formula is C11H13F3N2O3S. The van der Waals surface area contributed by atoms with E-state index in [2.05, 4.69) is 0 Å². The Morgan fingerprint density at radius 1 is 1.40 bits per heavy atom. The summed E-state index contributed by atoms with van der Waals surface area (Å²) >= 11 is 1.32. The molecule has 5 nitrogen and oxygen atoms in total. The number of rotatable bonds is 1. The van der Waals surface area contributed by atoms with Gasteiger partial charge >= 0.3 is 18.2 Å². The van der Waals surface area contributed by atoms with Crippen molar-refractivity contribution in [2.45, 2.75) is 18.6 Å². The standard InChI is InChI=1S/C11H13F3N2O3S/c12-11(13,14)7-1-3-15(4-2-7)10(19)16-6-20-5-8(16)9(17)18/h1,8H,2-6H2,(H,17,18). The van der Waals surface area contributed by atoms with Crippen molar-refractivity contribution in [3.8, 4) is 0 Å². The monoisotopic (exact) mass is 310 g/mol. The molecule has 1 unspecified atom stereocenters. The molecule has 2 heterocycles. The van der Waals surface area contributed by atoms with Crippen LogP contribution in [0, 0.1) is 0 Å². The van der Waals surface area contributed by atoms with E-state index in [0.29, 0.717) is 5.75 Å². The number of halogens is 3. The maximum Gasteiger partial charge on any atom is 0.412 e. The van der Waals surface area contributed by atoms with Gasteiger partial charge in [-0.25, -0.2) is 9.59 Å². The zero-order valence-electron chi connectivity index (χ0n) is 10.4. The molecule has 0 saturated carbocycles. The van der Waals surface area contributed by atoms with Crippen LogP contribution in [0.5, 0.6) is 0 Å². The molecule has 1 N–H and O–H groups in total. The summed E-state index contributed by atoms with van der Waals surface area (Å²) in [5, 5.41) is 8.99. The van der Waals surface area contributed by atoms with Crippen LogP contribution in [0.3, 0.4) is 0 Å². The Balaban J connectivity index is 2.02. The van der Waals surface area contributed by atoms with Gasteiger partial charge in [0.25, 0.3) is 0 Å². The molecule has 9 heteroatoms. The van der Waals surface area contributed by atoms with Gasteiger partial charge in [0.2, 0.25) is 0 Å². The van der Waals surface area contributed by atoms with E-state index >= 15 is 0 Å². The van der Waals surface area contributed by atoms with E-state index in [4.69, 9.17) is 5.11 Å². The van der Waals surface area contributed by atoms with Gasteiger partial charge in [-0.1, -0.05) is 6.08 Å². The van der Waals surface area contributed by atoms with Crippen LogP contribution in [-0.4, -0.2) is 63.8 Å². The zero-order valence-corrected chi connectivity index (χ0v) is 11.2. The number of hydrogen-bond acceptors (Lipinski definition) is 3. The molecule has 0 aromatic rings. The van der Waals surface area contributed by atoms with Gasteiger partial charge in [-0.05, 0) is 6.42 Å². The van der Waals surface area contributed by atoms with E-state index in [1.165, 1.54) is 21.6 Å². The van der Waals surface area contributed by atoms with Crippen LogP contribution < -0.4 is 0 Å². The Morgan fingerprint density at radius 3 is 2.60 bits per heavy atom. The lowest BCUT2D eigenvalue weighted by atomic mass is 10.1. The fraction of sp³-hybridized carbons (Fsp3) is 0.636. The molecule has 0 spiro atoms. The van der Waals surface area contributed by atoms with Gasteiger partial charge in [0.05, 0.1) is 5.88 Å². The molecule has 0 aromatic heterocycles. The summed E-state index contributed by atoms with van der Waals surface area (Å²) in [6, 6.07) is -1.42. The number of carbonyl (C=O) groups excluding carboxylic acids is 1. The quantitative estimate of drug-likeness (QED) is 0.750. The lowest BCUT2D eigenvalue weighted by Gasteiger charge is -2.32. The predicted octanol–water partition coefficient (Wildman–Crippen LogP) is 1.76. The minimum absolute atomic E-state index is 0.0440. The molecule has 0 radical (unpaired) electrons. The highest BCUT2D eigenvalue weighted by Crippen LogP contribution is 2.31. The number of amides is 2. The summed E-state index contributed by atoms with van der Waals surface area (Å²) in [7, 11) is 0. The highest BCUT2D eigenvalue weighted by Gasteiger charge is 2.39.